The summed E-state index contributed by atoms with van der Waals surface area (Å²) in [6, 6.07) is 3.00. The maximum atomic E-state index is 10.7. The summed E-state index contributed by atoms with van der Waals surface area (Å²) >= 11 is 5.82. The molecule has 0 saturated heterocycles. The first-order valence-corrected chi connectivity index (χ1v) is 4.76. The highest BCUT2D eigenvalue weighted by Crippen LogP contribution is 2.26. The van der Waals surface area contributed by atoms with Crippen molar-refractivity contribution in [2.75, 3.05) is 0 Å². The van der Waals surface area contributed by atoms with Gasteiger partial charge in [-0.2, -0.15) is 0 Å². The van der Waals surface area contributed by atoms with Crippen molar-refractivity contribution >= 4 is 23.5 Å². The fraction of sp³-hybridized carbons (Fsp3) is 0.200. The molecule has 1 aromatic carbocycles. The predicted molar refractivity (Wildman–Crippen MR) is 57.3 cm³/mol. The van der Waals surface area contributed by atoms with E-state index < -0.39 is 18.0 Å². The van der Waals surface area contributed by atoms with Crippen LogP contribution in [0.3, 0.4) is 0 Å². The molecular weight excluding hydrogens is 234 g/mol. The number of hydrogen-bond acceptors (Lipinski definition) is 4. The molecule has 86 valence electrons. The summed E-state index contributed by atoms with van der Waals surface area (Å²) in [5.74, 6) is -1.41. The fourth-order valence-corrected chi connectivity index (χ4v) is 1.41. The van der Waals surface area contributed by atoms with Crippen LogP contribution in [0.2, 0.25) is 5.02 Å². The van der Waals surface area contributed by atoms with Gasteiger partial charge in [0.15, 0.2) is 0 Å². The van der Waals surface area contributed by atoms with Gasteiger partial charge in [0.2, 0.25) is 0 Å². The van der Waals surface area contributed by atoms with Gasteiger partial charge < -0.3 is 15.6 Å². The van der Waals surface area contributed by atoms with E-state index in [2.05, 4.69) is 0 Å². The first-order chi connectivity index (χ1) is 7.41. The minimum atomic E-state index is -1.20. The summed E-state index contributed by atoms with van der Waals surface area (Å²) in [6.45, 7) is 1.25. The molecule has 0 aliphatic rings. The van der Waals surface area contributed by atoms with Gasteiger partial charge in [-0.25, -0.2) is 0 Å². The number of nitrogens with two attached hydrogens (primary N) is 1. The van der Waals surface area contributed by atoms with Crippen LogP contribution in [-0.2, 0) is 9.59 Å². The minimum Gasteiger partial charge on any atom is -0.480 e. The van der Waals surface area contributed by atoms with E-state index in [0.717, 1.165) is 0 Å². The molecule has 0 fully saturated rings. The topological polar surface area (TPSA) is 89.6 Å². The lowest BCUT2D eigenvalue weighted by atomic mass is 10.1. The monoisotopic (exact) mass is 243 g/mol. The Morgan fingerprint density at radius 1 is 1.50 bits per heavy atom. The predicted octanol–water partition coefficient (Wildman–Crippen LogP) is 1.35. The van der Waals surface area contributed by atoms with E-state index in [1.165, 1.54) is 25.1 Å². The van der Waals surface area contributed by atoms with Gasteiger partial charge in [0, 0.05) is 11.9 Å². The van der Waals surface area contributed by atoms with Crippen LogP contribution in [0.5, 0.6) is 5.75 Å². The number of esters is 1. The van der Waals surface area contributed by atoms with Crippen molar-refractivity contribution in [2.24, 2.45) is 5.73 Å². The maximum absolute atomic E-state index is 10.7. The van der Waals surface area contributed by atoms with Crippen LogP contribution < -0.4 is 10.5 Å². The number of carbonyl (C=O) groups excluding carboxylic acids is 1. The van der Waals surface area contributed by atoms with Crippen LogP contribution in [0.4, 0.5) is 0 Å². The third kappa shape index (κ3) is 2.95. The summed E-state index contributed by atoms with van der Waals surface area (Å²) < 4.78 is 4.78. The highest BCUT2D eigenvalue weighted by molar-refractivity contribution is 6.31. The van der Waals surface area contributed by atoms with Crippen molar-refractivity contribution in [2.45, 2.75) is 13.0 Å². The molecule has 5 nitrogen and oxygen atoms in total. The average Bonchev–Trinajstić information content (AvgIpc) is 2.15. The first-order valence-electron chi connectivity index (χ1n) is 4.38. The summed E-state index contributed by atoms with van der Waals surface area (Å²) in [5.41, 5.74) is 5.67. The third-order valence-corrected chi connectivity index (χ3v) is 2.16. The molecule has 16 heavy (non-hydrogen) atoms. The highest BCUT2D eigenvalue weighted by Gasteiger charge is 2.17. The fourth-order valence-electron chi connectivity index (χ4n) is 1.12. The quantitative estimate of drug-likeness (QED) is 0.618. The van der Waals surface area contributed by atoms with E-state index >= 15 is 0 Å². The second kappa shape index (κ2) is 4.96. The summed E-state index contributed by atoms with van der Waals surface area (Å²) in [6.07, 6.45) is 0. The summed E-state index contributed by atoms with van der Waals surface area (Å²) in [4.78, 5) is 21.3. The molecule has 0 radical (unpaired) electrons. The van der Waals surface area contributed by atoms with Crippen molar-refractivity contribution in [1.29, 1.82) is 0 Å². The largest absolute Gasteiger partial charge is 0.480 e. The van der Waals surface area contributed by atoms with Crippen molar-refractivity contribution in [1.82, 2.24) is 0 Å². The first kappa shape index (κ1) is 12.5. The molecule has 3 N–H and O–H groups in total. The number of aliphatic carboxylic acids is 1. The zero-order chi connectivity index (χ0) is 12.3. The third-order valence-electron chi connectivity index (χ3n) is 1.83. The lowest BCUT2D eigenvalue weighted by Gasteiger charge is -2.10. The lowest BCUT2D eigenvalue weighted by molar-refractivity contribution is -0.138. The second-order valence-electron chi connectivity index (χ2n) is 3.09. The van der Waals surface area contributed by atoms with E-state index in [1.54, 1.807) is 0 Å². The number of benzene rings is 1. The van der Waals surface area contributed by atoms with E-state index in [0.29, 0.717) is 0 Å². The number of carboxylic acid groups (broad SMARTS) is 1. The molecule has 0 unspecified atom stereocenters. The zero-order valence-corrected chi connectivity index (χ0v) is 9.19. The SMILES string of the molecule is CC(=O)Oc1ccc([C@H](N)C(=O)O)c(Cl)c1. The zero-order valence-electron chi connectivity index (χ0n) is 8.44. The van der Waals surface area contributed by atoms with Gasteiger partial charge in [-0.1, -0.05) is 17.7 Å². The number of carbonyl (C=O) groups is 2. The number of hydrogen-bond donors (Lipinski definition) is 2. The normalized spacial score (nSPS) is 11.9. The Labute approximate surface area is 96.8 Å². The van der Waals surface area contributed by atoms with Gasteiger partial charge in [0.25, 0.3) is 0 Å². The van der Waals surface area contributed by atoms with Crippen molar-refractivity contribution < 1.29 is 19.4 Å². The molecule has 0 spiro atoms. The van der Waals surface area contributed by atoms with Gasteiger partial charge >= 0.3 is 11.9 Å². The Balaban J connectivity index is 3.00. The molecule has 0 aliphatic carbocycles. The molecule has 1 atom stereocenters. The Kier molecular flexibility index (Phi) is 3.87. The molecule has 0 heterocycles. The van der Waals surface area contributed by atoms with Crippen LogP contribution >= 0.6 is 11.6 Å². The number of halogens is 1. The van der Waals surface area contributed by atoms with E-state index in [9.17, 15) is 9.59 Å². The highest BCUT2D eigenvalue weighted by atomic mass is 35.5. The van der Waals surface area contributed by atoms with E-state index in [4.69, 9.17) is 27.2 Å². The van der Waals surface area contributed by atoms with E-state index in [-0.39, 0.29) is 16.3 Å². The van der Waals surface area contributed by atoms with Crippen LogP contribution in [0.25, 0.3) is 0 Å². The average molecular weight is 244 g/mol. The number of carboxylic acids is 1. The molecule has 1 rings (SSSR count). The van der Waals surface area contributed by atoms with Crippen molar-refractivity contribution in [3.05, 3.63) is 28.8 Å². The lowest BCUT2D eigenvalue weighted by Crippen LogP contribution is -2.21. The summed E-state index contributed by atoms with van der Waals surface area (Å²) in [5, 5.41) is 8.85. The molecule has 0 aliphatic heterocycles. The minimum absolute atomic E-state index is 0.147. The molecule has 0 bridgehead atoms. The molecule has 1 aromatic rings. The van der Waals surface area contributed by atoms with Crippen molar-refractivity contribution in [3.63, 3.8) is 0 Å². The van der Waals surface area contributed by atoms with E-state index in [1.807, 2.05) is 0 Å². The molecule has 0 amide bonds. The van der Waals surface area contributed by atoms with Crippen LogP contribution in [-0.4, -0.2) is 17.0 Å². The molecule has 6 heteroatoms. The van der Waals surface area contributed by atoms with Crippen molar-refractivity contribution in [3.8, 4) is 5.75 Å². The molecule has 0 aromatic heterocycles. The Hall–Kier alpha value is -1.59. The van der Waals surface area contributed by atoms with Crippen LogP contribution in [0, 0.1) is 0 Å². The Morgan fingerprint density at radius 2 is 2.12 bits per heavy atom. The molecule has 0 saturated carbocycles. The Morgan fingerprint density at radius 3 is 2.56 bits per heavy atom. The van der Waals surface area contributed by atoms with Crippen LogP contribution in [0.1, 0.15) is 18.5 Å². The van der Waals surface area contributed by atoms with Crippen LogP contribution in [0.15, 0.2) is 18.2 Å². The van der Waals surface area contributed by atoms with Gasteiger partial charge in [0.05, 0.1) is 0 Å². The smallest absolute Gasteiger partial charge is 0.325 e. The Bertz CT molecular complexity index is 433. The van der Waals surface area contributed by atoms with Gasteiger partial charge in [-0.15, -0.1) is 0 Å². The van der Waals surface area contributed by atoms with Gasteiger partial charge in [-0.05, 0) is 17.7 Å². The maximum Gasteiger partial charge on any atom is 0.325 e. The summed E-state index contributed by atoms with van der Waals surface area (Å²) in [7, 11) is 0. The molecular formula is C10H10ClNO4. The number of rotatable bonds is 3. The standard InChI is InChI=1S/C10H10ClNO4/c1-5(13)16-6-2-3-7(8(11)4-6)9(12)10(14)15/h2-4,9H,12H2,1H3,(H,14,15)/t9-/m0/s1. The number of ether oxygens (including phenoxy) is 1. The van der Waals surface area contributed by atoms with Gasteiger partial charge in [-0.3, -0.25) is 9.59 Å². The van der Waals surface area contributed by atoms with Gasteiger partial charge in [0.1, 0.15) is 11.8 Å². The second-order valence-corrected chi connectivity index (χ2v) is 3.50.